The summed E-state index contributed by atoms with van der Waals surface area (Å²) in [4.78, 5) is 39.4. The summed E-state index contributed by atoms with van der Waals surface area (Å²) in [7, 11) is 1.50. The van der Waals surface area contributed by atoms with Crippen LogP contribution in [0.1, 0.15) is 23.5 Å². The van der Waals surface area contributed by atoms with E-state index in [1.807, 2.05) is 0 Å². The van der Waals surface area contributed by atoms with E-state index in [2.05, 4.69) is 26.6 Å². The van der Waals surface area contributed by atoms with E-state index >= 15 is 0 Å². The fraction of sp³-hybridized carbons (Fsp3) is 0.350. The van der Waals surface area contributed by atoms with Crippen LogP contribution in [0.15, 0.2) is 34.1 Å². The van der Waals surface area contributed by atoms with Crippen LogP contribution >= 0.6 is 27.3 Å². The molecule has 30 heavy (non-hydrogen) atoms. The number of carbonyl (C=O) groups is 3. The van der Waals surface area contributed by atoms with Crippen LogP contribution in [0.4, 0.5) is 11.4 Å². The van der Waals surface area contributed by atoms with Crippen LogP contribution in [-0.4, -0.2) is 50.1 Å². The summed E-state index contributed by atoms with van der Waals surface area (Å²) in [6, 6.07) is 8.51. The number of anilines is 2. The molecule has 1 aliphatic heterocycles. The third kappa shape index (κ3) is 5.00. The highest BCUT2D eigenvalue weighted by Gasteiger charge is 2.31. The zero-order chi connectivity index (χ0) is 21.9. The molecule has 160 valence electrons. The first-order chi connectivity index (χ1) is 14.2. The Hall–Kier alpha value is -2.43. The molecule has 1 aromatic heterocycles. The van der Waals surface area contributed by atoms with E-state index < -0.39 is 5.54 Å². The zero-order valence-corrected chi connectivity index (χ0v) is 19.2. The normalized spacial score (nSPS) is 14.4. The van der Waals surface area contributed by atoms with Gasteiger partial charge in [0.15, 0.2) is 0 Å². The van der Waals surface area contributed by atoms with E-state index in [9.17, 15) is 14.4 Å². The molecule has 2 heterocycles. The van der Waals surface area contributed by atoms with Gasteiger partial charge in [0.2, 0.25) is 5.91 Å². The Labute approximate surface area is 186 Å². The van der Waals surface area contributed by atoms with Crippen molar-refractivity contribution in [3.05, 3.63) is 39.0 Å². The predicted molar refractivity (Wildman–Crippen MR) is 118 cm³/mol. The molecule has 8 nitrogen and oxygen atoms in total. The van der Waals surface area contributed by atoms with Crippen LogP contribution in [0.5, 0.6) is 5.75 Å². The molecular formula is C20H22BrN3O5S. The molecule has 1 aliphatic rings. The highest BCUT2D eigenvalue weighted by atomic mass is 79.9. The largest absolute Gasteiger partial charge is 0.494 e. The standard InChI is InChI=1S/C20H22BrN3O5S/c1-20(2,23-18(26)15-6-7-16(21)30-15)19(27)22-12-4-5-13(14(10-12)28-3)24-8-9-29-11-17(24)25/h4-7,10H,8-9,11H2,1-3H3,(H,22,27)(H,23,26). The molecule has 1 aromatic carbocycles. The molecule has 2 aromatic rings. The molecule has 1 fully saturated rings. The summed E-state index contributed by atoms with van der Waals surface area (Å²) < 4.78 is 11.4. The Kier molecular flexibility index (Phi) is 6.79. The van der Waals surface area contributed by atoms with Crippen LogP contribution in [0.25, 0.3) is 0 Å². The van der Waals surface area contributed by atoms with E-state index in [4.69, 9.17) is 9.47 Å². The van der Waals surface area contributed by atoms with Gasteiger partial charge in [-0.2, -0.15) is 0 Å². The maximum atomic E-state index is 12.8. The maximum Gasteiger partial charge on any atom is 0.262 e. The summed E-state index contributed by atoms with van der Waals surface area (Å²) in [6.45, 7) is 4.15. The minimum absolute atomic E-state index is 0.0241. The number of hydrogen-bond donors (Lipinski definition) is 2. The van der Waals surface area contributed by atoms with Crippen molar-refractivity contribution in [1.29, 1.82) is 0 Å². The minimum Gasteiger partial charge on any atom is -0.494 e. The van der Waals surface area contributed by atoms with Crippen molar-refractivity contribution in [1.82, 2.24) is 5.32 Å². The van der Waals surface area contributed by atoms with Gasteiger partial charge in [-0.3, -0.25) is 14.4 Å². The molecule has 0 atom stereocenters. The van der Waals surface area contributed by atoms with Crippen LogP contribution in [-0.2, 0) is 14.3 Å². The summed E-state index contributed by atoms with van der Waals surface area (Å²) in [5.74, 6) is -0.415. The van der Waals surface area contributed by atoms with Crippen molar-refractivity contribution in [2.75, 3.05) is 37.1 Å². The van der Waals surface area contributed by atoms with Crippen LogP contribution in [0.2, 0.25) is 0 Å². The summed E-state index contributed by atoms with van der Waals surface area (Å²) >= 11 is 4.61. The van der Waals surface area contributed by atoms with Crippen molar-refractivity contribution in [2.45, 2.75) is 19.4 Å². The van der Waals surface area contributed by atoms with Crippen molar-refractivity contribution >= 4 is 56.4 Å². The predicted octanol–water partition coefficient (Wildman–Crippen LogP) is 3.03. The first kappa shape index (κ1) is 22.3. The van der Waals surface area contributed by atoms with Crippen LogP contribution < -0.4 is 20.3 Å². The van der Waals surface area contributed by atoms with Crippen molar-refractivity contribution in [3.8, 4) is 5.75 Å². The number of nitrogens with zero attached hydrogens (tertiary/aromatic N) is 1. The maximum absolute atomic E-state index is 12.8. The molecule has 0 unspecified atom stereocenters. The van der Waals surface area contributed by atoms with E-state index in [-0.39, 0.29) is 24.3 Å². The third-order valence-electron chi connectivity index (χ3n) is 4.50. The first-order valence-electron chi connectivity index (χ1n) is 9.17. The molecule has 0 radical (unpaired) electrons. The molecule has 0 bridgehead atoms. The third-order valence-corrected chi connectivity index (χ3v) is 6.13. The number of benzene rings is 1. The molecular weight excluding hydrogens is 474 g/mol. The number of rotatable bonds is 6. The average Bonchev–Trinajstić information content (AvgIpc) is 3.14. The number of hydrogen-bond acceptors (Lipinski definition) is 6. The van der Waals surface area contributed by atoms with E-state index in [0.29, 0.717) is 35.2 Å². The van der Waals surface area contributed by atoms with Gasteiger partial charge in [0.05, 0.1) is 28.1 Å². The lowest BCUT2D eigenvalue weighted by atomic mass is 10.0. The number of nitrogens with one attached hydrogen (secondary N) is 2. The molecule has 2 N–H and O–H groups in total. The fourth-order valence-electron chi connectivity index (χ4n) is 2.88. The van der Waals surface area contributed by atoms with E-state index in [1.54, 1.807) is 49.1 Å². The minimum atomic E-state index is -1.15. The topological polar surface area (TPSA) is 97.0 Å². The highest BCUT2D eigenvalue weighted by molar-refractivity contribution is 9.11. The van der Waals surface area contributed by atoms with Gasteiger partial charge in [0.1, 0.15) is 17.9 Å². The second kappa shape index (κ2) is 9.15. The molecule has 10 heteroatoms. The molecule has 0 aliphatic carbocycles. The van der Waals surface area contributed by atoms with Gasteiger partial charge in [-0.25, -0.2) is 0 Å². The Morgan fingerprint density at radius 2 is 2.03 bits per heavy atom. The summed E-state index contributed by atoms with van der Waals surface area (Å²) in [5, 5.41) is 5.54. The van der Waals surface area contributed by atoms with Gasteiger partial charge >= 0.3 is 0 Å². The number of halogens is 1. The Balaban J connectivity index is 1.72. The lowest BCUT2D eigenvalue weighted by Gasteiger charge is -2.29. The van der Waals surface area contributed by atoms with Crippen molar-refractivity contribution in [3.63, 3.8) is 0 Å². The highest BCUT2D eigenvalue weighted by Crippen LogP contribution is 2.32. The molecule has 3 amide bonds. The number of methoxy groups -OCH3 is 1. The summed E-state index contributed by atoms with van der Waals surface area (Å²) in [5.41, 5.74) is -0.0539. The number of morpholine rings is 1. The van der Waals surface area contributed by atoms with Crippen LogP contribution in [0.3, 0.4) is 0 Å². The second-order valence-corrected chi connectivity index (χ2v) is 9.58. The van der Waals surface area contributed by atoms with E-state index in [1.165, 1.54) is 18.4 Å². The lowest BCUT2D eigenvalue weighted by molar-refractivity contribution is -0.125. The summed E-state index contributed by atoms with van der Waals surface area (Å²) in [6.07, 6.45) is 0. The Morgan fingerprint density at radius 3 is 2.67 bits per heavy atom. The van der Waals surface area contributed by atoms with Crippen LogP contribution in [0, 0.1) is 0 Å². The number of thiophene rings is 1. The van der Waals surface area contributed by atoms with Gasteiger partial charge in [-0.1, -0.05) is 0 Å². The second-order valence-electron chi connectivity index (χ2n) is 7.12. The lowest BCUT2D eigenvalue weighted by Crippen LogP contribution is -2.52. The Morgan fingerprint density at radius 1 is 1.27 bits per heavy atom. The van der Waals surface area contributed by atoms with Gasteiger partial charge in [-0.05, 0) is 54.0 Å². The SMILES string of the molecule is COc1cc(NC(=O)C(C)(C)NC(=O)c2ccc(Br)s2)ccc1N1CCOCC1=O. The number of amides is 3. The monoisotopic (exact) mass is 495 g/mol. The fourth-order valence-corrected chi connectivity index (χ4v) is 4.16. The van der Waals surface area contributed by atoms with Gasteiger partial charge in [0, 0.05) is 18.3 Å². The smallest absolute Gasteiger partial charge is 0.262 e. The van der Waals surface area contributed by atoms with Gasteiger partial charge in [-0.15, -0.1) is 11.3 Å². The molecule has 3 rings (SSSR count). The first-order valence-corrected chi connectivity index (χ1v) is 10.8. The van der Waals surface area contributed by atoms with Crippen molar-refractivity contribution < 1.29 is 23.9 Å². The number of ether oxygens (including phenoxy) is 2. The van der Waals surface area contributed by atoms with E-state index in [0.717, 1.165) is 3.79 Å². The molecule has 0 saturated carbocycles. The van der Waals surface area contributed by atoms with Gasteiger partial charge in [0.25, 0.3) is 11.8 Å². The number of carbonyl (C=O) groups excluding carboxylic acids is 3. The average molecular weight is 496 g/mol. The quantitative estimate of drug-likeness (QED) is 0.641. The van der Waals surface area contributed by atoms with Crippen molar-refractivity contribution in [2.24, 2.45) is 0 Å². The molecule has 0 spiro atoms. The molecule has 1 saturated heterocycles. The van der Waals surface area contributed by atoms with Gasteiger partial charge < -0.3 is 25.0 Å². The Bertz CT molecular complexity index is 975. The zero-order valence-electron chi connectivity index (χ0n) is 16.8.